The van der Waals surface area contributed by atoms with Crippen LogP contribution in [0.2, 0.25) is 0 Å². The standard InChI is InChI=1S/C18H21F3O4/c1-11-6-7-12(2)14(10-11)16(23)24-9-8-17(4,5)25-15(22)13(3)18(19,20)21/h6-7,10H,3,8-9H2,1-2,4-5H3. The molecule has 0 fully saturated rings. The SMILES string of the molecule is C=C(C(=O)OC(C)(C)CCOC(=O)c1cc(C)ccc1C)C(F)(F)F. The van der Waals surface area contributed by atoms with Crippen molar-refractivity contribution in [2.24, 2.45) is 0 Å². The van der Waals surface area contributed by atoms with Gasteiger partial charge in [0.05, 0.1) is 12.2 Å². The first-order chi connectivity index (χ1) is 11.3. The van der Waals surface area contributed by atoms with Crippen molar-refractivity contribution in [3.05, 3.63) is 47.0 Å². The lowest BCUT2D eigenvalue weighted by Gasteiger charge is -2.25. The lowest BCUT2D eigenvalue weighted by molar-refractivity contribution is -0.162. The first-order valence-corrected chi connectivity index (χ1v) is 7.57. The van der Waals surface area contributed by atoms with Crippen molar-refractivity contribution in [1.29, 1.82) is 0 Å². The van der Waals surface area contributed by atoms with Crippen LogP contribution in [-0.2, 0) is 14.3 Å². The van der Waals surface area contributed by atoms with Gasteiger partial charge in [-0.05, 0) is 39.3 Å². The fourth-order valence-corrected chi connectivity index (χ4v) is 1.90. The molecule has 1 rings (SSSR count). The molecular weight excluding hydrogens is 337 g/mol. The summed E-state index contributed by atoms with van der Waals surface area (Å²) < 4.78 is 47.2. The summed E-state index contributed by atoms with van der Waals surface area (Å²) in [5, 5.41) is 0. The van der Waals surface area contributed by atoms with Gasteiger partial charge in [0.1, 0.15) is 11.2 Å². The van der Waals surface area contributed by atoms with Crippen LogP contribution in [-0.4, -0.2) is 30.3 Å². The first kappa shape index (κ1) is 20.7. The van der Waals surface area contributed by atoms with Crippen molar-refractivity contribution in [1.82, 2.24) is 0 Å². The zero-order valence-corrected chi connectivity index (χ0v) is 14.6. The van der Waals surface area contributed by atoms with Gasteiger partial charge in [-0.2, -0.15) is 13.2 Å². The zero-order chi connectivity index (χ0) is 19.4. The van der Waals surface area contributed by atoms with Crippen molar-refractivity contribution in [2.45, 2.75) is 45.9 Å². The minimum atomic E-state index is -4.84. The molecule has 1 aromatic rings. The Morgan fingerprint density at radius 1 is 1.16 bits per heavy atom. The molecule has 0 N–H and O–H groups in total. The molecule has 0 atom stereocenters. The third-order valence-electron chi connectivity index (χ3n) is 3.51. The van der Waals surface area contributed by atoms with E-state index in [-0.39, 0.29) is 13.0 Å². The molecule has 0 saturated carbocycles. The second-order valence-electron chi connectivity index (χ2n) is 6.33. The number of carbonyl (C=O) groups excluding carboxylic acids is 2. The Kier molecular flexibility index (Phi) is 6.40. The number of hydrogen-bond donors (Lipinski definition) is 0. The van der Waals surface area contributed by atoms with E-state index in [4.69, 9.17) is 9.47 Å². The summed E-state index contributed by atoms with van der Waals surface area (Å²) in [5.74, 6) is -2.08. The van der Waals surface area contributed by atoms with Gasteiger partial charge in [-0.3, -0.25) is 0 Å². The van der Waals surface area contributed by atoms with Crippen LogP contribution >= 0.6 is 0 Å². The Morgan fingerprint density at radius 2 is 1.76 bits per heavy atom. The average Bonchev–Trinajstić information content (AvgIpc) is 2.47. The van der Waals surface area contributed by atoms with E-state index < -0.39 is 29.3 Å². The number of carbonyl (C=O) groups is 2. The van der Waals surface area contributed by atoms with Gasteiger partial charge < -0.3 is 9.47 Å². The number of rotatable bonds is 6. The maximum absolute atomic E-state index is 12.4. The van der Waals surface area contributed by atoms with E-state index in [0.29, 0.717) is 5.56 Å². The van der Waals surface area contributed by atoms with Gasteiger partial charge in [0.2, 0.25) is 0 Å². The molecule has 0 aliphatic carbocycles. The number of alkyl halides is 3. The summed E-state index contributed by atoms with van der Waals surface area (Å²) in [6.45, 7) is 9.05. The van der Waals surface area contributed by atoms with E-state index in [0.717, 1.165) is 11.1 Å². The zero-order valence-electron chi connectivity index (χ0n) is 14.6. The predicted octanol–water partition coefficient (Wildman–Crippen LogP) is 4.29. The van der Waals surface area contributed by atoms with E-state index in [1.165, 1.54) is 13.8 Å². The normalized spacial score (nSPS) is 11.8. The van der Waals surface area contributed by atoms with Gasteiger partial charge >= 0.3 is 18.1 Å². The summed E-state index contributed by atoms with van der Waals surface area (Å²) >= 11 is 0. The van der Waals surface area contributed by atoms with E-state index in [9.17, 15) is 22.8 Å². The fourth-order valence-electron chi connectivity index (χ4n) is 1.90. The molecular formula is C18H21F3O4. The van der Waals surface area contributed by atoms with Crippen LogP contribution in [0.4, 0.5) is 13.2 Å². The van der Waals surface area contributed by atoms with Crippen LogP contribution in [0, 0.1) is 13.8 Å². The highest BCUT2D eigenvalue weighted by Gasteiger charge is 2.39. The van der Waals surface area contributed by atoms with Crippen LogP contribution < -0.4 is 0 Å². The second-order valence-corrected chi connectivity index (χ2v) is 6.33. The topological polar surface area (TPSA) is 52.6 Å². The molecule has 1 aromatic carbocycles. The van der Waals surface area contributed by atoms with E-state index >= 15 is 0 Å². The summed E-state index contributed by atoms with van der Waals surface area (Å²) in [6, 6.07) is 5.35. The summed E-state index contributed by atoms with van der Waals surface area (Å²) in [5.41, 5.74) is -0.749. The number of benzene rings is 1. The van der Waals surface area contributed by atoms with Crippen LogP contribution in [0.1, 0.15) is 41.8 Å². The average molecular weight is 358 g/mol. The molecule has 4 nitrogen and oxygen atoms in total. The minimum absolute atomic E-state index is 0.0421. The fraction of sp³-hybridized carbons (Fsp3) is 0.444. The number of aryl methyl sites for hydroxylation is 2. The van der Waals surface area contributed by atoms with Crippen molar-refractivity contribution < 1.29 is 32.2 Å². The molecule has 138 valence electrons. The molecule has 0 radical (unpaired) electrons. The number of ether oxygens (including phenoxy) is 2. The second kappa shape index (κ2) is 7.72. The lowest BCUT2D eigenvalue weighted by Crippen LogP contribution is -2.33. The number of hydrogen-bond acceptors (Lipinski definition) is 4. The molecule has 0 bridgehead atoms. The van der Waals surface area contributed by atoms with Gasteiger partial charge in [-0.25, -0.2) is 9.59 Å². The molecule has 0 aliphatic rings. The third-order valence-corrected chi connectivity index (χ3v) is 3.51. The van der Waals surface area contributed by atoms with Gasteiger partial charge in [-0.1, -0.05) is 24.3 Å². The maximum atomic E-state index is 12.4. The molecule has 0 spiro atoms. The third kappa shape index (κ3) is 6.25. The maximum Gasteiger partial charge on any atom is 0.422 e. The van der Waals surface area contributed by atoms with Crippen molar-refractivity contribution >= 4 is 11.9 Å². The molecule has 0 aromatic heterocycles. The van der Waals surface area contributed by atoms with Crippen LogP contribution in [0.5, 0.6) is 0 Å². The summed E-state index contributed by atoms with van der Waals surface area (Å²) in [7, 11) is 0. The molecule has 25 heavy (non-hydrogen) atoms. The van der Waals surface area contributed by atoms with Gasteiger partial charge in [-0.15, -0.1) is 0 Å². The highest BCUT2D eigenvalue weighted by molar-refractivity contribution is 5.91. The Hall–Kier alpha value is -2.31. The van der Waals surface area contributed by atoms with E-state index in [1.807, 2.05) is 13.0 Å². The van der Waals surface area contributed by atoms with Crippen LogP contribution in [0.15, 0.2) is 30.4 Å². The Bertz CT molecular complexity index is 675. The molecule has 0 heterocycles. The monoisotopic (exact) mass is 358 g/mol. The highest BCUT2D eigenvalue weighted by Crippen LogP contribution is 2.27. The van der Waals surface area contributed by atoms with E-state index in [1.54, 1.807) is 19.1 Å². The minimum Gasteiger partial charge on any atom is -0.462 e. The van der Waals surface area contributed by atoms with Crippen molar-refractivity contribution in [3.8, 4) is 0 Å². The van der Waals surface area contributed by atoms with Crippen molar-refractivity contribution in [3.63, 3.8) is 0 Å². The van der Waals surface area contributed by atoms with Gasteiger partial charge in [0, 0.05) is 6.42 Å². The number of esters is 2. The molecule has 0 aliphatic heterocycles. The largest absolute Gasteiger partial charge is 0.462 e. The number of halogens is 3. The lowest BCUT2D eigenvalue weighted by atomic mass is 10.0. The quantitative estimate of drug-likeness (QED) is 0.562. The summed E-state index contributed by atoms with van der Waals surface area (Å²) in [4.78, 5) is 23.5. The Balaban J connectivity index is 2.59. The Labute approximate surface area is 144 Å². The summed E-state index contributed by atoms with van der Waals surface area (Å²) in [6.07, 6.45) is -4.80. The van der Waals surface area contributed by atoms with E-state index in [2.05, 4.69) is 6.58 Å². The van der Waals surface area contributed by atoms with Crippen LogP contribution in [0.25, 0.3) is 0 Å². The smallest absolute Gasteiger partial charge is 0.422 e. The molecule has 0 saturated heterocycles. The van der Waals surface area contributed by atoms with Crippen molar-refractivity contribution in [2.75, 3.05) is 6.61 Å². The Morgan fingerprint density at radius 3 is 2.32 bits per heavy atom. The highest BCUT2D eigenvalue weighted by atomic mass is 19.4. The molecule has 7 heteroatoms. The van der Waals surface area contributed by atoms with Crippen LogP contribution in [0.3, 0.4) is 0 Å². The van der Waals surface area contributed by atoms with Gasteiger partial charge in [0.15, 0.2) is 0 Å². The molecule has 0 amide bonds. The predicted molar refractivity (Wildman–Crippen MR) is 86.2 cm³/mol. The first-order valence-electron chi connectivity index (χ1n) is 7.57. The molecule has 0 unspecified atom stereocenters. The van der Waals surface area contributed by atoms with Gasteiger partial charge in [0.25, 0.3) is 0 Å².